The molecule has 20 heavy (non-hydrogen) atoms. The standard InChI is InChI=1S/C15H22N2O3/c18-11-13-4-2-8-17(10-13)15(20)16-7-6-12-3-1-5-14(19)9-12/h1,3,5,9,13,18-19H,2,4,6-8,10-11H2,(H,16,20). The first kappa shape index (κ1) is 14.7. The molecule has 0 bridgehead atoms. The summed E-state index contributed by atoms with van der Waals surface area (Å²) < 4.78 is 0. The summed E-state index contributed by atoms with van der Waals surface area (Å²) in [6.45, 7) is 2.08. The number of aliphatic hydroxyl groups is 1. The lowest BCUT2D eigenvalue weighted by Gasteiger charge is -2.31. The second kappa shape index (κ2) is 7.14. The molecule has 0 aromatic heterocycles. The van der Waals surface area contributed by atoms with Crippen molar-refractivity contribution in [3.05, 3.63) is 29.8 Å². The fourth-order valence-corrected chi connectivity index (χ4v) is 2.54. The van der Waals surface area contributed by atoms with Crippen LogP contribution < -0.4 is 5.32 Å². The van der Waals surface area contributed by atoms with Crippen LogP contribution in [0.3, 0.4) is 0 Å². The van der Waals surface area contributed by atoms with Gasteiger partial charge < -0.3 is 20.4 Å². The second-order valence-electron chi connectivity index (χ2n) is 5.29. The summed E-state index contributed by atoms with van der Waals surface area (Å²) in [5, 5.41) is 21.4. The number of nitrogens with one attached hydrogen (secondary N) is 1. The van der Waals surface area contributed by atoms with E-state index in [9.17, 15) is 9.90 Å². The number of amides is 2. The molecular formula is C15H22N2O3. The van der Waals surface area contributed by atoms with Crippen molar-refractivity contribution >= 4 is 6.03 Å². The van der Waals surface area contributed by atoms with Crippen molar-refractivity contribution in [3.8, 4) is 5.75 Å². The number of rotatable bonds is 4. The minimum atomic E-state index is -0.0664. The summed E-state index contributed by atoms with van der Waals surface area (Å²) >= 11 is 0. The number of likely N-dealkylation sites (tertiary alicyclic amines) is 1. The molecule has 3 N–H and O–H groups in total. The van der Waals surface area contributed by atoms with Gasteiger partial charge in [-0.1, -0.05) is 12.1 Å². The van der Waals surface area contributed by atoms with Crippen LogP contribution in [0.1, 0.15) is 18.4 Å². The Morgan fingerprint density at radius 1 is 1.45 bits per heavy atom. The zero-order chi connectivity index (χ0) is 14.4. The van der Waals surface area contributed by atoms with E-state index in [4.69, 9.17) is 5.11 Å². The van der Waals surface area contributed by atoms with Crippen molar-refractivity contribution in [1.82, 2.24) is 10.2 Å². The number of urea groups is 1. The molecule has 1 heterocycles. The van der Waals surface area contributed by atoms with E-state index in [0.29, 0.717) is 19.5 Å². The number of phenols is 1. The minimum Gasteiger partial charge on any atom is -0.508 e. The maximum absolute atomic E-state index is 12.0. The van der Waals surface area contributed by atoms with E-state index in [1.807, 2.05) is 6.07 Å². The highest BCUT2D eigenvalue weighted by atomic mass is 16.3. The monoisotopic (exact) mass is 278 g/mol. The molecule has 0 spiro atoms. The summed E-state index contributed by atoms with van der Waals surface area (Å²) in [4.78, 5) is 13.8. The lowest BCUT2D eigenvalue weighted by atomic mass is 9.99. The van der Waals surface area contributed by atoms with E-state index in [1.54, 1.807) is 23.1 Å². The maximum atomic E-state index is 12.0. The lowest BCUT2D eigenvalue weighted by molar-refractivity contribution is 0.129. The van der Waals surface area contributed by atoms with Crippen LogP contribution in [-0.2, 0) is 6.42 Å². The molecule has 1 atom stereocenters. The summed E-state index contributed by atoms with van der Waals surface area (Å²) in [5.74, 6) is 0.455. The molecule has 110 valence electrons. The van der Waals surface area contributed by atoms with Crippen molar-refractivity contribution < 1.29 is 15.0 Å². The number of carbonyl (C=O) groups is 1. The third-order valence-corrected chi connectivity index (χ3v) is 3.66. The molecule has 0 aliphatic carbocycles. The van der Waals surface area contributed by atoms with Crippen LogP contribution in [0.4, 0.5) is 4.79 Å². The fraction of sp³-hybridized carbons (Fsp3) is 0.533. The summed E-state index contributed by atoms with van der Waals surface area (Å²) in [7, 11) is 0. The van der Waals surface area contributed by atoms with Crippen LogP contribution >= 0.6 is 0 Å². The molecule has 1 fully saturated rings. The molecule has 2 amide bonds. The Morgan fingerprint density at radius 2 is 2.30 bits per heavy atom. The lowest BCUT2D eigenvalue weighted by Crippen LogP contribution is -2.46. The highest BCUT2D eigenvalue weighted by molar-refractivity contribution is 5.74. The first-order chi connectivity index (χ1) is 9.69. The Morgan fingerprint density at radius 3 is 3.05 bits per heavy atom. The third-order valence-electron chi connectivity index (χ3n) is 3.66. The molecule has 5 heteroatoms. The maximum Gasteiger partial charge on any atom is 0.317 e. The largest absolute Gasteiger partial charge is 0.508 e. The van der Waals surface area contributed by atoms with Crippen LogP contribution in [-0.4, -0.2) is 47.4 Å². The van der Waals surface area contributed by atoms with Gasteiger partial charge in [-0.25, -0.2) is 4.79 Å². The van der Waals surface area contributed by atoms with Gasteiger partial charge in [0.2, 0.25) is 0 Å². The van der Waals surface area contributed by atoms with Crippen molar-refractivity contribution in [1.29, 1.82) is 0 Å². The highest BCUT2D eigenvalue weighted by Crippen LogP contribution is 2.15. The van der Waals surface area contributed by atoms with Gasteiger partial charge in [0.1, 0.15) is 5.75 Å². The molecule has 2 rings (SSSR count). The zero-order valence-electron chi connectivity index (χ0n) is 11.6. The van der Waals surface area contributed by atoms with Crippen molar-refractivity contribution in [3.63, 3.8) is 0 Å². The third kappa shape index (κ3) is 4.13. The molecule has 1 aliphatic heterocycles. The van der Waals surface area contributed by atoms with Gasteiger partial charge in [0.05, 0.1) is 0 Å². The van der Waals surface area contributed by atoms with Gasteiger partial charge >= 0.3 is 6.03 Å². The smallest absolute Gasteiger partial charge is 0.317 e. The molecule has 1 saturated heterocycles. The van der Waals surface area contributed by atoms with Crippen LogP contribution in [0.5, 0.6) is 5.75 Å². The number of hydrogen-bond acceptors (Lipinski definition) is 3. The highest BCUT2D eigenvalue weighted by Gasteiger charge is 2.22. The minimum absolute atomic E-state index is 0.0664. The van der Waals surface area contributed by atoms with Crippen molar-refractivity contribution in [2.75, 3.05) is 26.2 Å². The van der Waals surface area contributed by atoms with E-state index in [-0.39, 0.29) is 24.3 Å². The summed E-state index contributed by atoms with van der Waals surface area (Å²) in [6, 6.07) is 6.99. The number of aliphatic hydroxyl groups excluding tert-OH is 1. The predicted molar refractivity (Wildman–Crippen MR) is 76.6 cm³/mol. The van der Waals surface area contributed by atoms with Gasteiger partial charge in [-0.15, -0.1) is 0 Å². The van der Waals surface area contributed by atoms with E-state index >= 15 is 0 Å². The zero-order valence-corrected chi connectivity index (χ0v) is 11.6. The molecule has 5 nitrogen and oxygen atoms in total. The van der Waals surface area contributed by atoms with Crippen LogP contribution in [0.15, 0.2) is 24.3 Å². The first-order valence-corrected chi connectivity index (χ1v) is 7.10. The Bertz CT molecular complexity index is 450. The van der Waals surface area contributed by atoms with Gasteiger partial charge in [-0.2, -0.15) is 0 Å². The number of phenolic OH excluding ortho intramolecular Hbond substituents is 1. The molecule has 1 aliphatic rings. The van der Waals surface area contributed by atoms with Crippen LogP contribution in [0.2, 0.25) is 0 Å². The van der Waals surface area contributed by atoms with E-state index in [0.717, 1.165) is 24.9 Å². The average molecular weight is 278 g/mol. The van der Waals surface area contributed by atoms with Crippen LogP contribution in [0.25, 0.3) is 0 Å². The second-order valence-corrected chi connectivity index (χ2v) is 5.29. The Balaban J connectivity index is 1.75. The van der Waals surface area contributed by atoms with E-state index in [2.05, 4.69) is 5.32 Å². The number of piperidine rings is 1. The number of aromatic hydroxyl groups is 1. The van der Waals surface area contributed by atoms with Crippen molar-refractivity contribution in [2.24, 2.45) is 5.92 Å². The predicted octanol–water partition coefficient (Wildman–Crippen LogP) is 1.35. The molecule has 1 aromatic carbocycles. The molecule has 1 unspecified atom stereocenters. The number of hydrogen-bond donors (Lipinski definition) is 3. The van der Waals surface area contributed by atoms with Crippen molar-refractivity contribution in [2.45, 2.75) is 19.3 Å². The molecule has 0 saturated carbocycles. The van der Waals surface area contributed by atoms with Gasteiger partial charge in [-0.05, 0) is 42.9 Å². The van der Waals surface area contributed by atoms with E-state index < -0.39 is 0 Å². The number of carbonyl (C=O) groups excluding carboxylic acids is 1. The Labute approximate surface area is 119 Å². The topological polar surface area (TPSA) is 72.8 Å². The molecule has 1 aromatic rings. The van der Waals surface area contributed by atoms with Gasteiger partial charge in [-0.3, -0.25) is 0 Å². The number of benzene rings is 1. The summed E-state index contributed by atoms with van der Waals surface area (Å²) in [6.07, 6.45) is 2.63. The summed E-state index contributed by atoms with van der Waals surface area (Å²) in [5.41, 5.74) is 0.997. The van der Waals surface area contributed by atoms with Gasteiger partial charge in [0.15, 0.2) is 0 Å². The SMILES string of the molecule is O=C(NCCc1cccc(O)c1)N1CCCC(CO)C1. The average Bonchev–Trinajstić information content (AvgIpc) is 2.47. The first-order valence-electron chi connectivity index (χ1n) is 7.10. The fourth-order valence-electron chi connectivity index (χ4n) is 2.54. The normalized spacial score (nSPS) is 18.9. The van der Waals surface area contributed by atoms with Gasteiger partial charge in [0, 0.05) is 26.2 Å². The molecular weight excluding hydrogens is 256 g/mol. The Hall–Kier alpha value is -1.75. The Kier molecular flexibility index (Phi) is 5.24. The number of nitrogens with zero attached hydrogens (tertiary/aromatic N) is 1. The quantitative estimate of drug-likeness (QED) is 0.778. The van der Waals surface area contributed by atoms with Gasteiger partial charge in [0.25, 0.3) is 0 Å². The van der Waals surface area contributed by atoms with E-state index in [1.165, 1.54) is 0 Å². The molecule has 0 radical (unpaired) electrons. The van der Waals surface area contributed by atoms with Crippen LogP contribution in [0, 0.1) is 5.92 Å².